The quantitative estimate of drug-likeness (QED) is 0.458. The highest BCUT2D eigenvalue weighted by Gasteiger charge is 2.03. The van der Waals surface area contributed by atoms with Crippen molar-refractivity contribution in [1.29, 1.82) is 0 Å². The molecular weight excluding hydrogens is 154 g/mol. The van der Waals surface area contributed by atoms with Crippen molar-refractivity contribution in [1.82, 2.24) is 21.7 Å². The molecule has 0 atom stereocenters. The van der Waals surface area contributed by atoms with Gasteiger partial charge < -0.3 is 5.32 Å². The molecule has 1 aliphatic heterocycles. The number of hydrogen-bond acceptors (Lipinski definition) is 4. The Morgan fingerprint density at radius 2 is 2.25 bits per heavy atom. The van der Waals surface area contributed by atoms with Gasteiger partial charge in [-0.1, -0.05) is 0 Å². The van der Waals surface area contributed by atoms with Crippen molar-refractivity contribution in [3.05, 3.63) is 11.9 Å². The molecular formula is C7H15N5. The van der Waals surface area contributed by atoms with Crippen molar-refractivity contribution >= 4 is 5.84 Å². The second-order valence-electron chi connectivity index (χ2n) is 2.32. The van der Waals surface area contributed by atoms with Crippen LogP contribution >= 0.6 is 0 Å². The van der Waals surface area contributed by atoms with E-state index in [-0.39, 0.29) is 0 Å². The molecule has 68 valence electrons. The Labute approximate surface area is 72.3 Å². The van der Waals surface area contributed by atoms with Crippen molar-refractivity contribution in [2.45, 2.75) is 13.8 Å². The molecule has 1 rings (SSSR count). The molecule has 12 heavy (non-hydrogen) atoms. The number of nitrogens with zero attached hydrogens (tertiary/aromatic N) is 1. The topological polar surface area (TPSA) is 60.5 Å². The molecule has 0 unspecified atom stereocenters. The third kappa shape index (κ3) is 2.43. The lowest BCUT2D eigenvalue weighted by Gasteiger charge is -2.19. The number of aliphatic imine (C=N–C) groups is 1. The normalized spacial score (nSPS) is 19.5. The second kappa shape index (κ2) is 4.61. The van der Waals surface area contributed by atoms with Gasteiger partial charge in [0, 0.05) is 19.2 Å². The van der Waals surface area contributed by atoms with Gasteiger partial charge in [0.15, 0.2) is 0 Å². The molecule has 0 spiro atoms. The van der Waals surface area contributed by atoms with Crippen molar-refractivity contribution in [3.8, 4) is 0 Å². The fourth-order valence-electron chi connectivity index (χ4n) is 0.913. The van der Waals surface area contributed by atoms with Crippen LogP contribution in [0.4, 0.5) is 0 Å². The van der Waals surface area contributed by atoms with Crippen LogP contribution in [-0.2, 0) is 0 Å². The van der Waals surface area contributed by atoms with Gasteiger partial charge in [0.1, 0.15) is 11.7 Å². The van der Waals surface area contributed by atoms with Gasteiger partial charge >= 0.3 is 0 Å². The molecule has 1 heterocycles. The largest absolute Gasteiger partial charge is 0.371 e. The Morgan fingerprint density at radius 1 is 1.42 bits per heavy atom. The van der Waals surface area contributed by atoms with E-state index in [4.69, 9.17) is 0 Å². The monoisotopic (exact) mass is 169 g/mol. The van der Waals surface area contributed by atoms with Crippen LogP contribution in [-0.4, -0.2) is 18.9 Å². The van der Waals surface area contributed by atoms with Crippen LogP contribution in [0, 0.1) is 0 Å². The predicted octanol–water partition coefficient (Wildman–Crippen LogP) is -0.532. The van der Waals surface area contributed by atoms with Gasteiger partial charge in [0.2, 0.25) is 0 Å². The number of nitrogens with one attached hydrogen (secondary N) is 4. The van der Waals surface area contributed by atoms with Crippen LogP contribution in [0.3, 0.4) is 0 Å². The summed E-state index contributed by atoms with van der Waals surface area (Å²) >= 11 is 0. The summed E-state index contributed by atoms with van der Waals surface area (Å²) in [5.41, 5.74) is 8.59. The van der Waals surface area contributed by atoms with Crippen LogP contribution in [0.25, 0.3) is 0 Å². The highest BCUT2D eigenvalue weighted by molar-refractivity contribution is 5.93. The molecule has 0 saturated heterocycles. The Bertz CT molecular complexity index is 196. The van der Waals surface area contributed by atoms with Crippen molar-refractivity contribution < 1.29 is 0 Å². The fourth-order valence-corrected chi connectivity index (χ4v) is 0.913. The summed E-state index contributed by atoms with van der Waals surface area (Å²) in [4.78, 5) is 4.20. The van der Waals surface area contributed by atoms with E-state index in [2.05, 4.69) is 26.7 Å². The van der Waals surface area contributed by atoms with E-state index in [1.807, 2.05) is 19.9 Å². The Morgan fingerprint density at radius 3 is 2.92 bits per heavy atom. The molecule has 0 amide bonds. The molecule has 4 N–H and O–H groups in total. The van der Waals surface area contributed by atoms with Crippen molar-refractivity contribution in [2.24, 2.45) is 4.99 Å². The van der Waals surface area contributed by atoms with Crippen LogP contribution < -0.4 is 21.7 Å². The lowest BCUT2D eigenvalue weighted by Crippen LogP contribution is -2.52. The zero-order valence-electron chi connectivity index (χ0n) is 7.44. The van der Waals surface area contributed by atoms with Gasteiger partial charge in [0.25, 0.3) is 0 Å². The number of hydrogen-bond donors (Lipinski definition) is 4. The van der Waals surface area contributed by atoms with Gasteiger partial charge in [-0.05, 0) is 13.8 Å². The summed E-state index contributed by atoms with van der Waals surface area (Å²) in [6, 6.07) is 0. The van der Waals surface area contributed by atoms with Crippen molar-refractivity contribution in [2.75, 3.05) is 13.1 Å². The van der Waals surface area contributed by atoms with Gasteiger partial charge in [-0.25, -0.2) is 0 Å². The third-order valence-corrected chi connectivity index (χ3v) is 1.36. The maximum atomic E-state index is 4.20. The first-order valence-corrected chi connectivity index (χ1v) is 4.13. The van der Waals surface area contributed by atoms with Gasteiger partial charge in [-0.2, -0.15) is 0 Å². The molecule has 0 fully saturated rings. The average molecular weight is 169 g/mol. The van der Waals surface area contributed by atoms with E-state index >= 15 is 0 Å². The minimum atomic E-state index is 0.778. The second-order valence-corrected chi connectivity index (χ2v) is 2.32. The van der Waals surface area contributed by atoms with Crippen molar-refractivity contribution in [3.63, 3.8) is 0 Å². The third-order valence-electron chi connectivity index (χ3n) is 1.36. The Balaban J connectivity index is 2.57. The summed E-state index contributed by atoms with van der Waals surface area (Å²) < 4.78 is 0. The van der Waals surface area contributed by atoms with Gasteiger partial charge in [-0.3, -0.25) is 15.8 Å². The highest BCUT2D eigenvalue weighted by atomic mass is 15.6. The van der Waals surface area contributed by atoms with E-state index in [1.165, 1.54) is 0 Å². The van der Waals surface area contributed by atoms with Gasteiger partial charge in [-0.15, -0.1) is 5.53 Å². The summed E-state index contributed by atoms with van der Waals surface area (Å²) in [6.45, 7) is 5.71. The SMILES string of the molecule is CCN=C1C=C(NCC)NNN1. The van der Waals surface area contributed by atoms with Crippen LogP contribution in [0.1, 0.15) is 13.8 Å². The lowest BCUT2D eigenvalue weighted by atomic mass is 10.4. The average Bonchev–Trinajstić information content (AvgIpc) is 2.06. The van der Waals surface area contributed by atoms with Crippen LogP contribution in [0.15, 0.2) is 16.9 Å². The minimum Gasteiger partial charge on any atom is -0.371 e. The Kier molecular flexibility index (Phi) is 3.40. The van der Waals surface area contributed by atoms with Crippen LogP contribution in [0.5, 0.6) is 0 Å². The molecule has 0 radical (unpaired) electrons. The van der Waals surface area contributed by atoms with Crippen LogP contribution in [0.2, 0.25) is 0 Å². The van der Waals surface area contributed by atoms with Gasteiger partial charge in [0.05, 0.1) is 0 Å². The van der Waals surface area contributed by atoms with E-state index in [0.29, 0.717) is 0 Å². The first-order valence-electron chi connectivity index (χ1n) is 4.13. The maximum Gasteiger partial charge on any atom is 0.140 e. The summed E-state index contributed by atoms with van der Waals surface area (Å²) in [5.74, 6) is 1.77. The summed E-state index contributed by atoms with van der Waals surface area (Å²) in [7, 11) is 0. The zero-order valence-corrected chi connectivity index (χ0v) is 7.44. The predicted molar refractivity (Wildman–Crippen MR) is 49.1 cm³/mol. The molecule has 0 aliphatic carbocycles. The lowest BCUT2D eigenvalue weighted by molar-refractivity contribution is 0.520. The first kappa shape index (κ1) is 8.86. The Hall–Kier alpha value is -1.23. The zero-order chi connectivity index (χ0) is 8.81. The standard InChI is InChI=1S/C7H15N5/c1-3-8-6-5-7(9-4-2)11-12-10-6/h5,8,10,12H,3-4H2,1-2H3,(H,9,11). The number of amidine groups is 1. The fraction of sp³-hybridized carbons (Fsp3) is 0.571. The molecule has 0 aromatic carbocycles. The maximum absolute atomic E-state index is 4.20. The molecule has 0 bridgehead atoms. The highest BCUT2D eigenvalue weighted by Crippen LogP contribution is 1.87. The molecule has 5 nitrogen and oxygen atoms in total. The molecule has 0 aromatic heterocycles. The number of rotatable bonds is 3. The summed E-state index contributed by atoms with van der Waals surface area (Å²) in [6.07, 6.45) is 1.92. The summed E-state index contributed by atoms with van der Waals surface area (Å²) in [5, 5.41) is 3.14. The first-order chi connectivity index (χ1) is 5.86. The van der Waals surface area contributed by atoms with E-state index in [9.17, 15) is 0 Å². The van der Waals surface area contributed by atoms with E-state index in [0.717, 1.165) is 24.7 Å². The molecule has 1 aliphatic rings. The molecule has 0 aromatic rings. The minimum absolute atomic E-state index is 0.778. The smallest absolute Gasteiger partial charge is 0.140 e. The molecule has 5 heteroatoms. The number of hydrazine groups is 2. The molecule has 0 saturated carbocycles. The van der Waals surface area contributed by atoms with E-state index < -0.39 is 0 Å². The van der Waals surface area contributed by atoms with E-state index in [1.54, 1.807) is 0 Å².